The van der Waals surface area contributed by atoms with Gasteiger partial charge in [0, 0.05) is 24.5 Å². The number of nitrogens with zero attached hydrogens (tertiary/aromatic N) is 1. The highest BCUT2D eigenvalue weighted by atomic mass is 16.4. The molecule has 2 fully saturated rings. The van der Waals surface area contributed by atoms with Gasteiger partial charge in [-0.25, -0.2) is 4.79 Å². The van der Waals surface area contributed by atoms with Crippen molar-refractivity contribution in [2.75, 3.05) is 23.3 Å². The number of benzene rings is 1. The van der Waals surface area contributed by atoms with Crippen LogP contribution in [0.25, 0.3) is 0 Å². The quantitative estimate of drug-likeness (QED) is 0.713. The van der Waals surface area contributed by atoms with Gasteiger partial charge in [-0.2, -0.15) is 0 Å². The number of carboxylic acid groups (broad SMARTS) is 1. The van der Waals surface area contributed by atoms with Gasteiger partial charge >= 0.3 is 12.0 Å². The van der Waals surface area contributed by atoms with Crippen molar-refractivity contribution in [3.8, 4) is 0 Å². The van der Waals surface area contributed by atoms with E-state index in [9.17, 15) is 19.5 Å². The van der Waals surface area contributed by atoms with Crippen molar-refractivity contribution in [2.45, 2.75) is 32.6 Å². The Morgan fingerprint density at radius 1 is 1.32 bits per heavy atom. The van der Waals surface area contributed by atoms with Gasteiger partial charge in [-0.1, -0.05) is 18.9 Å². The first-order valence-electron chi connectivity index (χ1n) is 8.67. The van der Waals surface area contributed by atoms with Crippen molar-refractivity contribution in [3.63, 3.8) is 0 Å². The van der Waals surface area contributed by atoms with E-state index in [1.54, 1.807) is 11.0 Å². The van der Waals surface area contributed by atoms with Crippen LogP contribution >= 0.6 is 0 Å². The van der Waals surface area contributed by atoms with E-state index in [1.165, 1.54) is 0 Å². The molecular formula is C18H23N3O4. The Hall–Kier alpha value is -2.57. The lowest BCUT2D eigenvalue weighted by molar-refractivity contribution is -0.147. The second kappa shape index (κ2) is 7.13. The van der Waals surface area contributed by atoms with E-state index in [4.69, 9.17) is 0 Å². The molecule has 0 radical (unpaired) electrons. The fraction of sp³-hybridized carbons (Fsp3) is 0.500. The highest BCUT2D eigenvalue weighted by molar-refractivity contribution is 6.05. The Labute approximate surface area is 146 Å². The van der Waals surface area contributed by atoms with Gasteiger partial charge in [0.25, 0.3) is 0 Å². The van der Waals surface area contributed by atoms with Gasteiger partial charge in [-0.3, -0.25) is 14.5 Å². The predicted molar refractivity (Wildman–Crippen MR) is 93.6 cm³/mol. The van der Waals surface area contributed by atoms with Crippen LogP contribution in [0.1, 0.15) is 31.2 Å². The molecule has 3 rings (SSSR count). The van der Waals surface area contributed by atoms with Crippen LogP contribution in [0.4, 0.5) is 16.2 Å². The molecule has 25 heavy (non-hydrogen) atoms. The van der Waals surface area contributed by atoms with E-state index < -0.39 is 17.8 Å². The van der Waals surface area contributed by atoms with Crippen molar-refractivity contribution in [2.24, 2.45) is 11.8 Å². The number of carbonyl (C=O) groups is 3. The summed E-state index contributed by atoms with van der Waals surface area (Å²) in [6, 6.07) is 5.20. The van der Waals surface area contributed by atoms with Crippen molar-refractivity contribution >= 4 is 29.3 Å². The first-order chi connectivity index (χ1) is 12.0. The fourth-order valence-corrected chi connectivity index (χ4v) is 3.66. The molecule has 2 aliphatic rings. The highest BCUT2D eigenvalue weighted by Crippen LogP contribution is 2.33. The molecule has 1 saturated carbocycles. The monoisotopic (exact) mass is 345 g/mol. The summed E-state index contributed by atoms with van der Waals surface area (Å²) in [6.07, 6.45) is 3.50. The molecule has 1 aliphatic carbocycles. The Morgan fingerprint density at radius 2 is 2.04 bits per heavy atom. The molecule has 1 atom stereocenters. The molecule has 7 heteroatoms. The highest BCUT2D eigenvalue weighted by Gasteiger charge is 2.36. The number of aryl methyl sites for hydroxylation is 1. The zero-order valence-electron chi connectivity index (χ0n) is 14.2. The average Bonchev–Trinajstić information content (AvgIpc) is 3.21. The number of amides is 3. The number of hydrogen-bond acceptors (Lipinski definition) is 3. The van der Waals surface area contributed by atoms with Crippen LogP contribution in [0.5, 0.6) is 0 Å². The second-order valence-electron chi connectivity index (χ2n) is 6.73. The molecule has 0 bridgehead atoms. The maximum atomic E-state index is 12.6. The Bertz CT molecular complexity index is 698. The molecule has 0 spiro atoms. The standard InChI is InChI=1S/C18H23N3O4/c1-11-6-7-13(21-9-8-19-18(21)25)10-14(11)20-16(22)15(17(23)24)12-4-2-3-5-12/h6-7,10,12,15H,2-5,8-9H2,1H3,(H,19,25)(H,20,22)(H,23,24). The topological polar surface area (TPSA) is 98.7 Å². The lowest BCUT2D eigenvalue weighted by atomic mass is 9.90. The van der Waals surface area contributed by atoms with Crippen LogP contribution < -0.4 is 15.5 Å². The predicted octanol–water partition coefficient (Wildman–Crippen LogP) is 2.35. The van der Waals surface area contributed by atoms with Crippen LogP contribution in [0, 0.1) is 18.8 Å². The van der Waals surface area contributed by atoms with Gasteiger partial charge < -0.3 is 15.7 Å². The molecule has 134 valence electrons. The van der Waals surface area contributed by atoms with E-state index in [2.05, 4.69) is 10.6 Å². The maximum Gasteiger partial charge on any atom is 0.321 e. The van der Waals surface area contributed by atoms with Crippen LogP contribution in [0.15, 0.2) is 18.2 Å². The third-order valence-electron chi connectivity index (χ3n) is 5.07. The summed E-state index contributed by atoms with van der Waals surface area (Å²) in [5, 5.41) is 15.0. The second-order valence-corrected chi connectivity index (χ2v) is 6.73. The summed E-state index contributed by atoms with van der Waals surface area (Å²) in [7, 11) is 0. The summed E-state index contributed by atoms with van der Waals surface area (Å²) in [6.45, 7) is 2.99. The number of rotatable bonds is 5. The lowest BCUT2D eigenvalue weighted by Crippen LogP contribution is -2.35. The summed E-state index contributed by atoms with van der Waals surface area (Å²) in [5.74, 6) is -2.69. The normalized spacial score (nSPS) is 18.9. The number of carbonyl (C=O) groups excluding carboxylic acids is 2. The molecule has 1 heterocycles. The van der Waals surface area contributed by atoms with E-state index in [0.717, 1.165) is 31.2 Å². The largest absolute Gasteiger partial charge is 0.481 e. The summed E-state index contributed by atoms with van der Waals surface area (Å²) >= 11 is 0. The Balaban J connectivity index is 1.79. The molecule has 1 aliphatic heterocycles. The van der Waals surface area contributed by atoms with Crippen molar-refractivity contribution in [3.05, 3.63) is 23.8 Å². The molecular weight excluding hydrogens is 322 g/mol. The molecule has 3 N–H and O–H groups in total. The summed E-state index contributed by atoms with van der Waals surface area (Å²) in [5.41, 5.74) is 2.06. The minimum atomic E-state index is -1.07. The minimum Gasteiger partial charge on any atom is -0.481 e. The first kappa shape index (κ1) is 17.3. The minimum absolute atomic E-state index is 0.106. The Morgan fingerprint density at radius 3 is 2.64 bits per heavy atom. The van der Waals surface area contributed by atoms with Crippen LogP contribution in [-0.4, -0.2) is 36.1 Å². The summed E-state index contributed by atoms with van der Waals surface area (Å²) in [4.78, 5) is 37.6. The fourth-order valence-electron chi connectivity index (χ4n) is 3.66. The van der Waals surface area contributed by atoms with Gasteiger partial charge in [-0.15, -0.1) is 0 Å². The molecule has 1 aromatic carbocycles. The van der Waals surface area contributed by atoms with Gasteiger partial charge in [0.2, 0.25) is 5.91 Å². The smallest absolute Gasteiger partial charge is 0.321 e. The average molecular weight is 345 g/mol. The number of nitrogens with one attached hydrogen (secondary N) is 2. The number of hydrogen-bond donors (Lipinski definition) is 3. The molecule has 1 unspecified atom stereocenters. The van der Waals surface area contributed by atoms with Crippen molar-refractivity contribution in [1.29, 1.82) is 0 Å². The number of anilines is 2. The van der Waals surface area contributed by atoms with Gasteiger partial charge in [0.1, 0.15) is 5.92 Å². The molecule has 7 nitrogen and oxygen atoms in total. The van der Waals surface area contributed by atoms with Crippen LogP contribution in [-0.2, 0) is 9.59 Å². The Kier molecular flexibility index (Phi) is 4.92. The number of carboxylic acids is 1. The number of aliphatic carboxylic acids is 1. The van der Waals surface area contributed by atoms with Crippen LogP contribution in [0.3, 0.4) is 0 Å². The van der Waals surface area contributed by atoms with Crippen molar-refractivity contribution in [1.82, 2.24) is 5.32 Å². The zero-order valence-corrected chi connectivity index (χ0v) is 14.2. The van der Waals surface area contributed by atoms with Crippen molar-refractivity contribution < 1.29 is 19.5 Å². The third kappa shape index (κ3) is 3.60. The molecule has 1 aromatic rings. The summed E-state index contributed by atoms with van der Waals surface area (Å²) < 4.78 is 0. The van der Waals surface area contributed by atoms with E-state index in [0.29, 0.717) is 24.5 Å². The van der Waals surface area contributed by atoms with Crippen LogP contribution in [0.2, 0.25) is 0 Å². The van der Waals surface area contributed by atoms with E-state index >= 15 is 0 Å². The van der Waals surface area contributed by atoms with Gasteiger partial charge in [0.15, 0.2) is 0 Å². The molecule has 1 saturated heterocycles. The van der Waals surface area contributed by atoms with Gasteiger partial charge in [-0.05, 0) is 43.4 Å². The molecule has 3 amide bonds. The first-order valence-corrected chi connectivity index (χ1v) is 8.67. The van der Waals surface area contributed by atoms with Gasteiger partial charge in [0.05, 0.1) is 0 Å². The number of urea groups is 1. The van der Waals surface area contributed by atoms with E-state index in [1.807, 2.05) is 19.1 Å². The maximum absolute atomic E-state index is 12.6. The third-order valence-corrected chi connectivity index (χ3v) is 5.07. The van der Waals surface area contributed by atoms with E-state index in [-0.39, 0.29) is 11.9 Å². The zero-order chi connectivity index (χ0) is 18.0. The molecule has 0 aromatic heterocycles. The SMILES string of the molecule is Cc1ccc(N2CCNC2=O)cc1NC(=O)C(C(=O)O)C1CCCC1. The lowest BCUT2D eigenvalue weighted by Gasteiger charge is -2.21.